The van der Waals surface area contributed by atoms with E-state index in [1.165, 1.54) is 12.8 Å². The fraction of sp³-hybridized carbons (Fsp3) is 0.800. The van der Waals surface area contributed by atoms with Crippen LogP contribution in [0.1, 0.15) is 40.5 Å². The van der Waals surface area contributed by atoms with Crippen LogP contribution < -0.4 is 0 Å². The second-order valence-electron chi connectivity index (χ2n) is 2.96. The lowest BCUT2D eigenvalue weighted by atomic mass is 9.89. The molecule has 10 heavy (non-hydrogen) atoms. The Bertz CT molecular complexity index is 88.2. The van der Waals surface area contributed by atoms with Crippen LogP contribution in [0.25, 0.3) is 0 Å². The lowest BCUT2D eigenvalue weighted by Crippen LogP contribution is -2.06. The van der Waals surface area contributed by atoms with Gasteiger partial charge in [0, 0.05) is 0 Å². The highest BCUT2D eigenvalue weighted by atomic mass is 14.1. The van der Waals surface area contributed by atoms with Crippen molar-refractivity contribution in [2.45, 2.75) is 40.5 Å². The summed E-state index contributed by atoms with van der Waals surface area (Å²) in [6.45, 7) is 8.94. The van der Waals surface area contributed by atoms with Gasteiger partial charge in [-0.15, -0.1) is 0 Å². The van der Waals surface area contributed by atoms with E-state index in [0.29, 0.717) is 0 Å². The van der Waals surface area contributed by atoms with Crippen LogP contribution in [0.15, 0.2) is 12.2 Å². The lowest BCUT2D eigenvalue weighted by Gasteiger charge is -2.16. The Balaban J connectivity index is 3.75. The molecule has 0 aliphatic carbocycles. The van der Waals surface area contributed by atoms with E-state index in [1.807, 2.05) is 0 Å². The molecular weight excluding hydrogens is 120 g/mol. The minimum Gasteiger partial charge on any atom is -0.0914 e. The summed E-state index contributed by atoms with van der Waals surface area (Å²) in [7, 11) is 0. The van der Waals surface area contributed by atoms with Crippen LogP contribution in [-0.2, 0) is 0 Å². The van der Waals surface area contributed by atoms with E-state index in [1.54, 1.807) is 0 Å². The first-order chi connectivity index (χ1) is 4.76. The van der Waals surface area contributed by atoms with Gasteiger partial charge in [0.25, 0.3) is 0 Å². The lowest BCUT2D eigenvalue weighted by molar-refractivity contribution is 0.395. The molecule has 0 fully saturated rings. The van der Waals surface area contributed by atoms with Crippen molar-refractivity contribution in [1.29, 1.82) is 0 Å². The molecule has 0 saturated carbocycles. The molecule has 0 radical (unpaired) electrons. The van der Waals surface area contributed by atoms with Crippen molar-refractivity contribution in [1.82, 2.24) is 0 Å². The van der Waals surface area contributed by atoms with E-state index in [2.05, 4.69) is 39.8 Å². The first kappa shape index (κ1) is 9.74. The maximum absolute atomic E-state index is 2.30. The van der Waals surface area contributed by atoms with Crippen LogP contribution in [0.5, 0.6) is 0 Å². The summed E-state index contributed by atoms with van der Waals surface area (Å²) in [6.07, 6.45) is 7.07. The molecule has 0 aromatic carbocycles. The molecule has 0 amide bonds. The Morgan fingerprint density at radius 1 is 1.20 bits per heavy atom. The zero-order valence-electron chi connectivity index (χ0n) is 7.72. The van der Waals surface area contributed by atoms with E-state index < -0.39 is 0 Å². The summed E-state index contributed by atoms with van der Waals surface area (Å²) < 4.78 is 0. The van der Waals surface area contributed by atoms with E-state index in [4.69, 9.17) is 0 Å². The summed E-state index contributed by atoms with van der Waals surface area (Å²) in [4.78, 5) is 0. The normalized spacial score (nSPS) is 14.9. The molecule has 0 spiro atoms. The topological polar surface area (TPSA) is 0 Å². The molecular formula is C10H20. The Morgan fingerprint density at radius 2 is 1.70 bits per heavy atom. The van der Waals surface area contributed by atoms with Crippen LogP contribution >= 0.6 is 0 Å². The van der Waals surface area contributed by atoms with Gasteiger partial charge in [-0.3, -0.25) is 0 Å². The van der Waals surface area contributed by atoms with Gasteiger partial charge in [-0.2, -0.15) is 0 Å². The molecule has 0 aromatic heterocycles. The first-order valence-electron chi connectivity index (χ1n) is 4.39. The molecule has 0 aliphatic heterocycles. The summed E-state index contributed by atoms with van der Waals surface area (Å²) in [6, 6.07) is 0. The Labute approximate surface area is 65.3 Å². The minimum atomic E-state index is 0.764. The standard InChI is InChI=1S/C10H20/c1-5-8-9(4)10(6-2)7-3/h5,8-10H,6-7H2,1-4H3/b8-5-. The Hall–Kier alpha value is -0.260. The molecule has 0 saturated heterocycles. The molecule has 0 aliphatic rings. The summed E-state index contributed by atoms with van der Waals surface area (Å²) in [5.74, 6) is 1.65. The zero-order chi connectivity index (χ0) is 7.98. The molecule has 60 valence electrons. The van der Waals surface area contributed by atoms with Crippen LogP contribution in [0.3, 0.4) is 0 Å². The average molecular weight is 140 g/mol. The molecule has 0 nitrogen and oxygen atoms in total. The first-order valence-corrected chi connectivity index (χ1v) is 4.39. The summed E-state index contributed by atoms with van der Waals surface area (Å²) in [5, 5.41) is 0. The fourth-order valence-electron chi connectivity index (χ4n) is 1.49. The molecule has 0 heterocycles. The molecule has 0 heteroatoms. The second-order valence-corrected chi connectivity index (χ2v) is 2.96. The molecule has 1 atom stereocenters. The highest BCUT2D eigenvalue weighted by Gasteiger charge is 2.08. The van der Waals surface area contributed by atoms with Gasteiger partial charge < -0.3 is 0 Å². The number of rotatable bonds is 4. The molecule has 0 bridgehead atoms. The van der Waals surface area contributed by atoms with E-state index in [9.17, 15) is 0 Å². The van der Waals surface area contributed by atoms with Gasteiger partial charge in [-0.05, 0) is 18.8 Å². The monoisotopic (exact) mass is 140 g/mol. The summed E-state index contributed by atoms with van der Waals surface area (Å²) in [5.41, 5.74) is 0. The van der Waals surface area contributed by atoms with Gasteiger partial charge in [-0.1, -0.05) is 45.8 Å². The highest BCUT2D eigenvalue weighted by Crippen LogP contribution is 2.19. The van der Waals surface area contributed by atoms with Crippen LogP contribution in [0.2, 0.25) is 0 Å². The van der Waals surface area contributed by atoms with Crippen molar-refractivity contribution < 1.29 is 0 Å². The third-order valence-corrected chi connectivity index (χ3v) is 2.29. The largest absolute Gasteiger partial charge is 0.0914 e. The van der Waals surface area contributed by atoms with Crippen molar-refractivity contribution in [3.05, 3.63) is 12.2 Å². The number of hydrogen-bond acceptors (Lipinski definition) is 0. The van der Waals surface area contributed by atoms with E-state index in [0.717, 1.165) is 11.8 Å². The molecule has 0 aromatic rings. The van der Waals surface area contributed by atoms with Gasteiger partial charge in [0.05, 0.1) is 0 Å². The SMILES string of the molecule is C/C=C\C(C)C(CC)CC. The van der Waals surface area contributed by atoms with Crippen molar-refractivity contribution in [3.63, 3.8) is 0 Å². The predicted octanol–water partition coefficient (Wildman–Crippen LogP) is 3.63. The quantitative estimate of drug-likeness (QED) is 0.523. The second kappa shape index (κ2) is 5.52. The fourth-order valence-corrected chi connectivity index (χ4v) is 1.49. The van der Waals surface area contributed by atoms with E-state index in [-0.39, 0.29) is 0 Å². The highest BCUT2D eigenvalue weighted by molar-refractivity contribution is 4.86. The Kier molecular flexibility index (Phi) is 5.38. The van der Waals surface area contributed by atoms with Crippen LogP contribution in [-0.4, -0.2) is 0 Å². The van der Waals surface area contributed by atoms with E-state index >= 15 is 0 Å². The average Bonchev–Trinajstić information content (AvgIpc) is 1.91. The van der Waals surface area contributed by atoms with Gasteiger partial charge in [0.2, 0.25) is 0 Å². The smallest absolute Gasteiger partial charge is 0.0234 e. The van der Waals surface area contributed by atoms with Gasteiger partial charge in [-0.25, -0.2) is 0 Å². The van der Waals surface area contributed by atoms with Crippen molar-refractivity contribution >= 4 is 0 Å². The number of hydrogen-bond donors (Lipinski definition) is 0. The molecule has 0 N–H and O–H groups in total. The van der Waals surface area contributed by atoms with Crippen molar-refractivity contribution in [2.24, 2.45) is 11.8 Å². The maximum Gasteiger partial charge on any atom is -0.0234 e. The van der Waals surface area contributed by atoms with Crippen molar-refractivity contribution in [2.75, 3.05) is 0 Å². The van der Waals surface area contributed by atoms with Crippen LogP contribution in [0, 0.1) is 11.8 Å². The molecule has 0 rings (SSSR count). The molecule has 1 unspecified atom stereocenters. The predicted molar refractivity (Wildman–Crippen MR) is 48.1 cm³/mol. The Morgan fingerprint density at radius 3 is 2.00 bits per heavy atom. The number of allylic oxidation sites excluding steroid dienone is 2. The van der Waals surface area contributed by atoms with Gasteiger partial charge >= 0.3 is 0 Å². The third kappa shape index (κ3) is 3.05. The third-order valence-electron chi connectivity index (χ3n) is 2.29. The minimum absolute atomic E-state index is 0.764. The maximum atomic E-state index is 2.30. The summed E-state index contributed by atoms with van der Waals surface area (Å²) >= 11 is 0. The van der Waals surface area contributed by atoms with Crippen molar-refractivity contribution in [3.8, 4) is 0 Å². The van der Waals surface area contributed by atoms with Crippen LogP contribution in [0.4, 0.5) is 0 Å². The van der Waals surface area contributed by atoms with Gasteiger partial charge in [0.1, 0.15) is 0 Å². The zero-order valence-corrected chi connectivity index (χ0v) is 7.72. The van der Waals surface area contributed by atoms with Gasteiger partial charge in [0.15, 0.2) is 0 Å².